The molecular weight excluding hydrogens is 443 g/mol. The van der Waals surface area contributed by atoms with E-state index < -0.39 is 35.1 Å². The summed E-state index contributed by atoms with van der Waals surface area (Å²) in [4.78, 5) is 2.39. The zero-order chi connectivity index (χ0) is 24.4. The third kappa shape index (κ3) is 10.4. The van der Waals surface area contributed by atoms with Gasteiger partial charge in [0.2, 0.25) is 0 Å². The number of likely N-dealkylation sites (N-methyl/N-ethyl adjacent to an activating group) is 1. The molecule has 32 heavy (non-hydrogen) atoms. The lowest BCUT2D eigenvalue weighted by atomic mass is 10.0. The highest BCUT2D eigenvalue weighted by Gasteiger charge is 2.37. The second kappa shape index (κ2) is 12.8. The van der Waals surface area contributed by atoms with E-state index in [1.165, 1.54) is 18.7 Å². The Labute approximate surface area is 182 Å². The zero-order valence-electron chi connectivity index (χ0n) is 17.7. The van der Waals surface area contributed by atoms with Crippen molar-refractivity contribution in [2.24, 2.45) is 0 Å². The molecule has 2 aromatic carbocycles. The fourth-order valence-electron chi connectivity index (χ4n) is 2.55. The Hall–Kier alpha value is -2.17. The molecule has 3 rings (SSSR count). The van der Waals surface area contributed by atoms with Crippen molar-refractivity contribution in [1.29, 1.82) is 0 Å². The van der Waals surface area contributed by atoms with E-state index >= 15 is 0 Å². The van der Waals surface area contributed by atoms with Gasteiger partial charge in [-0.2, -0.15) is 26.3 Å². The van der Waals surface area contributed by atoms with Crippen LogP contribution in [-0.2, 0) is 17.1 Å². The summed E-state index contributed by atoms with van der Waals surface area (Å²) < 4.78 is 91.2. The van der Waals surface area contributed by atoms with Crippen LogP contribution in [0.4, 0.5) is 30.7 Å². The van der Waals surface area contributed by atoms with E-state index in [0.717, 1.165) is 33.2 Å². The van der Waals surface area contributed by atoms with Crippen LogP contribution in [0.15, 0.2) is 48.5 Å². The summed E-state index contributed by atoms with van der Waals surface area (Å²) in [6.45, 7) is 8.54. The molecule has 10 heteroatoms. The van der Waals surface area contributed by atoms with E-state index in [0.29, 0.717) is 12.1 Å². The maximum Gasteiger partial charge on any atom is 0.416 e. The molecule has 1 aliphatic rings. The van der Waals surface area contributed by atoms with Gasteiger partial charge in [-0.05, 0) is 49.4 Å². The van der Waals surface area contributed by atoms with E-state index in [1.54, 1.807) is 18.2 Å². The van der Waals surface area contributed by atoms with Crippen molar-refractivity contribution >= 4 is 0 Å². The number of alkyl halides is 6. The smallest absolute Gasteiger partial charge is 0.389 e. The largest absolute Gasteiger partial charge is 0.416 e. The van der Waals surface area contributed by atoms with Crippen LogP contribution in [0.1, 0.15) is 36.6 Å². The van der Waals surface area contributed by atoms with Gasteiger partial charge in [0, 0.05) is 13.1 Å². The minimum atomic E-state index is -4.88. The number of halogens is 7. The minimum absolute atomic E-state index is 0.0197. The average Bonchev–Trinajstić information content (AvgIpc) is 2.74. The summed E-state index contributed by atoms with van der Waals surface area (Å²) >= 11 is 0. The zero-order valence-corrected chi connectivity index (χ0v) is 17.7. The van der Waals surface area contributed by atoms with Crippen LogP contribution >= 0.6 is 0 Å². The first-order valence-electron chi connectivity index (χ1n) is 9.82. The number of aliphatic hydroxyl groups excluding tert-OH is 1. The number of ether oxygens (including phenoxy) is 1. The Bertz CT molecular complexity index is 755. The summed E-state index contributed by atoms with van der Waals surface area (Å²) in [7, 11) is 0. The normalized spacial score (nSPS) is 15.7. The molecule has 1 heterocycles. The van der Waals surface area contributed by atoms with Crippen LogP contribution in [-0.4, -0.2) is 42.9 Å². The maximum atomic E-state index is 12.4. The molecule has 0 amide bonds. The first-order valence-corrected chi connectivity index (χ1v) is 9.82. The standard InChI is InChI=1S/C10H8F6O.C6H5F.C6H13NO/c1-5(17)6-2-7(9(11,12)13)4-8(3-6)10(14,15)16;7-6-4-2-1-3-5-6;1-2-7-3-5-8-6-4-7/h2-5,17H,1H3;1-5H;2-6H2,1H3. The van der Waals surface area contributed by atoms with Gasteiger partial charge in [-0.3, -0.25) is 4.90 Å². The van der Waals surface area contributed by atoms with Crippen molar-refractivity contribution in [1.82, 2.24) is 4.90 Å². The number of hydrogen-bond acceptors (Lipinski definition) is 3. The first-order chi connectivity index (χ1) is 14.8. The molecule has 0 aliphatic carbocycles. The number of aliphatic hydroxyl groups is 1. The summed E-state index contributed by atoms with van der Waals surface area (Å²) in [5.74, 6) is -0.178. The van der Waals surface area contributed by atoms with Gasteiger partial charge in [-0.1, -0.05) is 25.1 Å². The van der Waals surface area contributed by atoms with Gasteiger partial charge in [0.05, 0.1) is 30.4 Å². The van der Waals surface area contributed by atoms with Gasteiger partial charge in [0.1, 0.15) is 5.82 Å². The molecular formula is C22H26F7NO2. The molecule has 1 unspecified atom stereocenters. The van der Waals surface area contributed by atoms with Crippen LogP contribution < -0.4 is 0 Å². The molecule has 1 fully saturated rings. The highest BCUT2D eigenvalue weighted by Crippen LogP contribution is 2.37. The number of benzene rings is 2. The molecule has 0 spiro atoms. The van der Waals surface area contributed by atoms with Crippen molar-refractivity contribution in [3.8, 4) is 0 Å². The fraction of sp³-hybridized carbons (Fsp3) is 0.455. The van der Waals surface area contributed by atoms with E-state index in [2.05, 4.69) is 11.8 Å². The lowest BCUT2D eigenvalue weighted by molar-refractivity contribution is -0.143. The Morgan fingerprint density at radius 1 is 0.906 bits per heavy atom. The quantitative estimate of drug-likeness (QED) is 0.553. The summed E-state index contributed by atoms with van der Waals surface area (Å²) in [6.07, 6.45) is -11.2. The third-order valence-electron chi connectivity index (χ3n) is 4.38. The Kier molecular flexibility index (Phi) is 11.1. The third-order valence-corrected chi connectivity index (χ3v) is 4.38. The van der Waals surface area contributed by atoms with E-state index in [9.17, 15) is 30.7 Å². The van der Waals surface area contributed by atoms with Crippen molar-refractivity contribution in [3.63, 3.8) is 0 Å². The average molecular weight is 469 g/mol. The summed E-state index contributed by atoms with van der Waals surface area (Å²) in [5.41, 5.74) is -3.28. The number of nitrogens with zero attached hydrogens (tertiary/aromatic N) is 1. The molecule has 1 saturated heterocycles. The van der Waals surface area contributed by atoms with Crippen molar-refractivity contribution in [2.45, 2.75) is 32.3 Å². The molecule has 1 N–H and O–H groups in total. The van der Waals surface area contributed by atoms with Gasteiger partial charge in [0.15, 0.2) is 0 Å². The molecule has 0 aromatic heterocycles. The fourth-order valence-corrected chi connectivity index (χ4v) is 2.55. The number of hydrogen-bond donors (Lipinski definition) is 1. The molecule has 0 bridgehead atoms. The highest BCUT2D eigenvalue weighted by molar-refractivity contribution is 5.34. The molecule has 2 aromatic rings. The van der Waals surface area contributed by atoms with E-state index in [4.69, 9.17) is 9.84 Å². The number of rotatable bonds is 2. The van der Waals surface area contributed by atoms with Crippen molar-refractivity contribution in [2.75, 3.05) is 32.8 Å². The molecule has 0 radical (unpaired) electrons. The van der Waals surface area contributed by atoms with E-state index in [-0.39, 0.29) is 11.9 Å². The van der Waals surface area contributed by atoms with Crippen molar-refractivity contribution < 1.29 is 40.6 Å². The lowest BCUT2D eigenvalue weighted by Crippen LogP contribution is -2.35. The minimum Gasteiger partial charge on any atom is -0.389 e. The Balaban J connectivity index is 0.000000279. The molecule has 1 atom stereocenters. The maximum absolute atomic E-state index is 12.4. The van der Waals surface area contributed by atoms with Crippen LogP contribution in [0.25, 0.3) is 0 Å². The summed E-state index contributed by atoms with van der Waals surface area (Å²) in [6, 6.07) is 8.96. The lowest BCUT2D eigenvalue weighted by Gasteiger charge is -2.24. The Morgan fingerprint density at radius 3 is 1.66 bits per heavy atom. The number of morpholine rings is 1. The Morgan fingerprint density at radius 2 is 1.38 bits per heavy atom. The summed E-state index contributed by atoms with van der Waals surface area (Å²) in [5, 5.41) is 9.07. The second-order valence-corrected chi connectivity index (χ2v) is 6.86. The first kappa shape index (κ1) is 27.9. The predicted octanol–water partition coefficient (Wildman–Crippen LogP) is 5.94. The van der Waals surface area contributed by atoms with Gasteiger partial charge < -0.3 is 9.84 Å². The predicted molar refractivity (Wildman–Crippen MR) is 106 cm³/mol. The molecule has 180 valence electrons. The SMILES string of the molecule is CC(O)c1cc(C(F)(F)F)cc(C(F)(F)F)c1.CCN1CCOCC1.Fc1ccccc1. The van der Waals surface area contributed by atoms with Crippen LogP contribution in [0.5, 0.6) is 0 Å². The van der Waals surface area contributed by atoms with Gasteiger partial charge in [-0.15, -0.1) is 0 Å². The van der Waals surface area contributed by atoms with E-state index in [1.807, 2.05) is 0 Å². The van der Waals surface area contributed by atoms with Crippen LogP contribution in [0.3, 0.4) is 0 Å². The van der Waals surface area contributed by atoms with Gasteiger partial charge >= 0.3 is 12.4 Å². The monoisotopic (exact) mass is 469 g/mol. The van der Waals surface area contributed by atoms with Crippen molar-refractivity contribution in [3.05, 3.63) is 71.0 Å². The highest BCUT2D eigenvalue weighted by atomic mass is 19.4. The van der Waals surface area contributed by atoms with Gasteiger partial charge in [0.25, 0.3) is 0 Å². The second-order valence-electron chi connectivity index (χ2n) is 6.86. The molecule has 0 saturated carbocycles. The van der Waals surface area contributed by atoms with Crippen LogP contribution in [0, 0.1) is 5.82 Å². The molecule has 1 aliphatic heterocycles. The van der Waals surface area contributed by atoms with Crippen LogP contribution in [0.2, 0.25) is 0 Å². The topological polar surface area (TPSA) is 32.7 Å². The molecule has 3 nitrogen and oxygen atoms in total. The van der Waals surface area contributed by atoms with Gasteiger partial charge in [-0.25, -0.2) is 4.39 Å².